The van der Waals surface area contributed by atoms with E-state index in [-0.39, 0.29) is 0 Å². The lowest BCUT2D eigenvalue weighted by atomic mass is 9.72. The van der Waals surface area contributed by atoms with E-state index >= 15 is 0 Å². The highest BCUT2D eigenvalue weighted by atomic mass is 19.4. The standard InChI is InChI=1S/C10F17N/c11-1-3(13,14)2(12)5(17,18)10(26,27)28(9(2,24)25)8(1,23)7(21,22)6(19,20)4(1,15)16. The highest BCUT2D eigenvalue weighted by Gasteiger charge is 3.18. The number of fused-ring (bicyclic) bond motifs is 4. The maximum atomic E-state index is 14.5. The molecule has 2 saturated heterocycles. The van der Waals surface area contributed by atoms with Gasteiger partial charge in [-0.15, -0.1) is 4.90 Å². The van der Waals surface area contributed by atoms with Crippen molar-refractivity contribution in [3.63, 3.8) is 0 Å². The molecule has 3 aliphatic rings. The van der Waals surface area contributed by atoms with E-state index in [0.29, 0.717) is 0 Å². The highest BCUT2D eigenvalue weighted by molar-refractivity contribution is 5.45. The van der Waals surface area contributed by atoms with Crippen LogP contribution in [0.2, 0.25) is 0 Å². The molecule has 4 unspecified atom stereocenters. The average Bonchev–Trinajstić information content (AvgIpc) is 2.59. The van der Waals surface area contributed by atoms with Gasteiger partial charge in [0.25, 0.3) is 11.5 Å². The van der Waals surface area contributed by atoms with Gasteiger partial charge in [0.15, 0.2) is 0 Å². The second-order valence-electron chi connectivity index (χ2n) is 6.23. The fourth-order valence-electron chi connectivity index (χ4n) is 3.62. The van der Waals surface area contributed by atoms with Crippen molar-refractivity contribution >= 4 is 0 Å². The van der Waals surface area contributed by atoms with Crippen LogP contribution in [-0.4, -0.2) is 63.7 Å². The van der Waals surface area contributed by atoms with Crippen LogP contribution in [0.25, 0.3) is 0 Å². The summed E-state index contributed by atoms with van der Waals surface area (Å²) in [5.74, 6) is -47.5. The van der Waals surface area contributed by atoms with E-state index in [2.05, 4.69) is 0 Å². The molecule has 2 aliphatic heterocycles. The van der Waals surface area contributed by atoms with E-state index < -0.39 is 63.7 Å². The van der Waals surface area contributed by atoms with Gasteiger partial charge in [-0.2, -0.15) is 61.5 Å². The molecule has 28 heavy (non-hydrogen) atoms. The molecular weight excluding hydrogens is 457 g/mol. The number of hydrogen-bond acceptors (Lipinski definition) is 1. The predicted molar refractivity (Wildman–Crippen MR) is 48.0 cm³/mol. The van der Waals surface area contributed by atoms with Gasteiger partial charge in [0.1, 0.15) is 0 Å². The van der Waals surface area contributed by atoms with Crippen LogP contribution in [0.15, 0.2) is 0 Å². The van der Waals surface area contributed by atoms with Crippen molar-refractivity contribution in [3.05, 3.63) is 0 Å². The van der Waals surface area contributed by atoms with Gasteiger partial charge in [-0.1, -0.05) is 0 Å². The van der Waals surface area contributed by atoms with Crippen molar-refractivity contribution in [1.82, 2.24) is 4.90 Å². The number of alkyl halides is 17. The molecule has 18 heteroatoms. The third-order valence-corrected chi connectivity index (χ3v) is 5.05. The lowest BCUT2D eigenvalue weighted by molar-refractivity contribution is -0.455. The van der Waals surface area contributed by atoms with Crippen LogP contribution in [-0.2, 0) is 0 Å². The van der Waals surface area contributed by atoms with E-state index in [1.807, 2.05) is 0 Å². The lowest BCUT2D eigenvalue weighted by Gasteiger charge is -2.53. The summed E-state index contributed by atoms with van der Waals surface area (Å²) in [6.07, 6.45) is 0. The molecule has 0 N–H and O–H groups in total. The minimum atomic E-state index is -8.24. The Bertz CT molecular complexity index is 757. The van der Waals surface area contributed by atoms with Crippen LogP contribution in [0.5, 0.6) is 0 Å². The van der Waals surface area contributed by atoms with E-state index in [9.17, 15) is 74.6 Å². The summed E-state index contributed by atoms with van der Waals surface area (Å²) < 4.78 is 233. The van der Waals surface area contributed by atoms with Gasteiger partial charge in [0.2, 0.25) is 0 Å². The van der Waals surface area contributed by atoms with E-state index in [1.54, 1.807) is 0 Å². The molecule has 3 rings (SSSR count). The van der Waals surface area contributed by atoms with Gasteiger partial charge in [-0.05, 0) is 0 Å². The Morgan fingerprint density at radius 1 is 0.321 bits per heavy atom. The van der Waals surface area contributed by atoms with E-state index in [1.165, 1.54) is 0 Å². The zero-order valence-electron chi connectivity index (χ0n) is 11.9. The largest absolute Gasteiger partial charge is 0.380 e. The number of rotatable bonds is 0. The lowest BCUT2D eigenvalue weighted by Crippen LogP contribution is -2.86. The van der Waals surface area contributed by atoms with Gasteiger partial charge in [-0.3, -0.25) is 0 Å². The van der Waals surface area contributed by atoms with Crippen molar-refractivity contribution in [2.24, 2.45) is 0 Å². The van der Waals surface area contributed by atoms with Crippen LogP contribution in [0.3, 0.4) is 0 Å². The van der Waals surface area contributed by atoms with E-state index in [0.717, 1.165) is 0 Å². The van der Waals surface area contributed by atoms with Crippen molar-refractivity contribution in [1.29, 1.82) is 0 Å². The summed E-state index contributed by atoms with van der Waals surface area (Å²) >= 11 is 0. The van der Waals surface area contributed by atoms with Crippen LogP contribution in [0.1, 0.15) is 0 Å². The molecule has 164 valence electrons. The first-order chi connectivity index (χ1) is 11.9. The molecule has 1 aliphatic carbocycles. The fraction of sp³-hybridized carbons (Fsp3) is 1.00. The first-order valence-corrected chi connectivity index (χ1v) is 6.38. The topological polar surface area (TPSA) is 3.24 Å². The molecule has 0 spiro atoms. The minimum Gasteiger partial charge on any atom is -0.224 e. The molecular formula is C10F17N. The molecule has 2 heterocycles. The molecule has 4 atom stereocenters. The van der Waals surface area contributed by atoms with Crippen LogP contribution in [0, 0.1) is 0 Å². The van der Waals surface area contributed by atoms with Crippen LogP contribution >= 0.6 is 0 Å². The number of nitrogens with zero attached hydrogens (tertiary/aromatic N) is 1. The Hall–Kier alpha value is -1.23. The summed E-state index contributed by atoms with van der Waals surface area (Å²) in [6, 6.07) is -15.2. The van der Waals surface area contributed by atoms with Gasteiger partial charge < -0.3 is 0 Å². The monoisotopic (exact) mass is 457 g/mol. The third-order valence-electron chi connectivity index (χ3n) is 5.05. The molecule has 1 saturated carbocycles. The summed E-state index contributed by atoms with van der Waals surface area (Å²) in [6.45, 7) is 0. The van der Waals surface area contributed by atoms with Crippen molar-refractivity contribution in [3.8, 4) is 0 Å². The number of piperidine rings is 1. The highest BCUT2D eigenvalue weighted by Crippen LogP contribution is 2.84. The van der Waals surface area contributed by atoms with Gasteiger partial charge >= 0.3 is 47.4 Å². The molecule has 1 nitrogen and oxygen atoms in total. The molecule has 0 aromatic heterocycles. The Kier molecular flexibility index (Phi) is 3.18. The quantitative estimate of drug-likeness (QED) is 0.374. The summed E-state index contributed by atoms with van der Waals surface area (Å²) in [5, 5.41) is 0. The SMILES string of the molecule is FC1(F)N2C(F)(F)C(F)(C1(F)F)C(F)(F)C1(F)C(F)(F)C(F)(F)C(F)(F)C21F. The fourth-order valence-corrected chi connectivity index (χ4v) is 3.62. The average molecular weight is 457 g/mol. The normalized spacial score (nSPS) is 50.2. The molecule has 0 aromatic carbocycles. The van der Waals surface area contributed by atoms with Gasteiger partial charge in [-0.25, -0.2) is 13.2 Å². The van der Waals surface area contributed by atoms with Crippen molar-refractivity contribution < 1.29 is 74.6 Å². The molecule has 3 fully saturated rings. The van der Waals surface area contributed by atoms with Crippen molar-refractivity contribution in [2.45, 2.75) is 58.8 Å². The smallest absolute Gasteiger partial charge is 0.224 e. The predicted octanol–water partition coefficient (Wildman–Crippen LogP) is 4.77. The first-order valence-electron chi connectivity index (χ1n) is 6.38. The van der Waals surface area contributed by atoms with Crippen molar-refractivity contribution in [2.75, 3.05) is 0 Å². The summed E-state index contributed by atoms with van der Waals surface area (Å²) in [7, 11) is 0. The Morgan fingerprint density at radius 3 is 1.11 bits per heavy atom. The Morgan fingerprint density at radius 2 is 0.714 bits per heavy atom. The second kappa shape index (κ2) is 4.14. The Labute approximate surface area is 140 Å². The van der Waals surface area contributed by atoms with Crippen LogP contribution < -0.4 is 0 Å². The maximum absolute atomic E-state index is 14.5. The molecule has 0 radical (unpaired) electrons. The zero-order chi connectivity index (χ0) is 22.6. The third kappa shape index (κ3) is 1.23. The minimum absolute atomic E-state index is 3.99. The number of hydrogen-bond donors (Lipinski definition) is 0. The summed E-state index contributed by atoms with van der Waals surface area (Å²) in [5.41, 5.74) is -15.8. The molecule has 0 aromatic rings. The maximum Gasteiger partial charge on any atom is 0.380 e. The molecule has 0 amide bonds. The van der Waals surface area contributed by atoms with E-state index in [4.69, 9.17) is 0 Å². The van der Waals surface area contributed by atoms with Gasteiger partial charge in [0, 0.05) is 0 Å². The first kappa shape index (κ1) is 21.5. The van der Waals surface area contributed by atoms with Crippen LogP contribution in [0.4, 0.5) is 74.6 Å². The number of halogens is 17. The Balaban J connectivity index is 2.65. The van der Waals surface area contributed by atoms with Gasteiger partial charge in [0.05, 0.1) is 0 Å². The molecule has 2 bridgehead atoms. The summed E-state index contributed by atoms with van der Waals surface area (Å²) in [4.78, 5) is -3.99. The zero-order valence-corrected chi connectivity index (χ0v) is 11.9. The second-order valence-corrected chi connectivity index (χ2v) is 6.23.